The molecule has 2 rings (SSSR count). The highest BCUT2D eigenvalue weighted by molar-refractivity contribution is 6.28. The molecule has 0 aromatic carbocycles. The van der Waals surface area contributed by atoms with E-state index >= 15 is 0 Å². The van der Waals surface area contributed by atoms with Crippen LogP contribution in [-0.2, 0) is 5.41 Å². The topological polar surface area (TPSA) is 46.0 Å². The molecule has 3 nitrogen and oxygen atoms in total. The van der Waals surface area contributed by atoms with Crippen LogP contribution in [0.15, 0.2) is 12.3 Å². The van der Waals surface area contributed by atoms with E-state index < -0.39 is 0 Å². The van der Waals surface area contributed by atoms with Gasteiger partial charge in [0.25, 0.3) is 0 Å². The SMILES string of the molecule is CC(O)C1(c2ccnc(Cl)n2)CC1. The molecule has 1 atom stereocenters. The summed E-state index contributed by atoms with van der Waals surface area (Å²) >= 11 is 5.68. The van der Waals surface area contributed by atoms with E-state index in [2.05, 4.69) is 9.97 Å². The number of aromatic nitrogens is 2. The van der Waals surface area contributed by atoms with Gasteiger partial charge >= 0.3 is 0 Å². The normalized spacial score (nSPS) is 21.2. The minimum Gasteiger partial charge on any atom is -0.392 e. The molecule has 1 saturated carbocycles. The van der Waals surface area contributed by atoms with Crippen LogP contribution in [0, 0.1) is 0 Å². The van der Waals surface area contributed by atoms with Crippen LogP contribution in [0.3, 0.4) is 0 Å². The Kier molecular flexibility index (Phi) is 2.00. The first kappa shape index (κ1) is 8.91. The van der Waals surface area contributed by atoms with E-state index in [1.54, 1.807) is 13.1 Å². The summed E-state index contributed by atoms with van der Waals surface area (Å²) in [4.78, 5) is 7.94. The van der Waals surface area contributed by atoms with Crippen LogP contribution in [0.25, 0.3) is 0 Å². The second-order valence-electron chi connectivity index (χ2n) is 3.54. The maximum absolute atomic E-state index is 9.58. The van der Waals surface area contributed by atoms with Crippen LogP contribution >= 0.6 is 11.6 Å². The summed E-state index contributed by atoms with van der Waals surface area (Å²) in [6.45, 7) is 1.79. The van der Waals surface area contributed by atoms with Gasteiger partial charge in [-0.05, 0) is 37.4 Å². The quantitative estimate of drug-likeness (QED) is 0.734. The maximum Gasteiger partial charge on any atom is 0.222 e. The standard InChI is InChI=1S/C9H11ClN2O/c1-6(13)9(3-4-9)7-2-5-11-8(10)12-7/h2,5-6,13H,3-4H2,1H3. The summed E-state index contributed by atoms with van der Waals surface area (Å²) in [5.74, 6) is 0. The van der Waals surface area contributed by atoms with Gasteiger partial charge in [-0.1, -0.05) is 0 Å². The maximum atomic E-state index is 9.58. The van der Waals surface area contributed by atoms with E-state index in [0.717, 1.165) is 18.5 Å². The average Bonchev–Trinajstić information content (AvgIpc) is 2.83. The zero-order chi connectivity index (χ0) is 9.47. The summed E-state index contributed by atoms with van der Waals surface area (Å²) in [6, 6.07) is 1.82. The van der Waals surface area contributed by atoms with Crippen LogP contribution in [0.1, 0.15) is 25.5 Å². The fourth-order valence-corrected chi connectivity index (χ4v) is 1.78. The second-order valence-corrected chi connectivity index (χ2v) is 3.88. The van der Waals surface area contributed by atoms with Crippen LogP contribution in [-0.4, -0.2) is 21.2 Å². The fourth-order valence-electron chi connectivity index (χ4n) is 1.63. The van der Waals surface area contributed by atoms with Crippen molar-refractivity contribution in [3.05, 3.63) is 23.2 Å². The third-order valence-corrected chi connectivity index (χ3v) is 2.91. The Labute approximate surface area is 81.8 Å². The number of rotatable bonds is 2. The number of hydrogen-bond donors (Lipinski definition) is 1. The molecule has 0 amide bonds. The Balaban J connectivity index is 2.35. The van der Waals surface area contributed by atoms with Crippen LogP contribution in [0.2, 0.25) is 5.28 Å². The van der Waals surface area contributed by atoms with Gasteiger partial charge in [0.15, 0.2) is 0 Å². The first-order valence-corrected chi connectivity index (χ1v) is 4.70. The predicted octanol–water partition coefficient (Wildman–Crippen LogP) is 1.54. The minimum absolute atomic E-state index is 0.146. The summed E-state index contributed by atoms with van der Waals surface area (Å²) in [5, 5.41) is 9.84. The van der Waals surface area contributed by atoms with Gasteiger partial charge < -0.3 is 5.11 Å². The lowest BCUT2D eigenvalue weighted by Gasteiger charge is -2.17. The van der Waals surface area contributed by atoms with Crippen molar-refractivity contribution in [2.75, 3.05) is 0 Å². The number of aliphatic hydroxyl groups excluding tert-OH is 1. The van der Waals surface area contributed by atoms with Crippen molar-refractivity contribution < 1.29 is 5.11 Å². The molecule has 4 heteroatoms. The van der Waals surface area contributed by atoms with Gasteiger partial charge in [-0.3, -0.25) is 0 Å². The first-order chi connectivity index (χ1) is 6.15. The third-order valence-electron chi connectivity index (χ3n) is 2.72. The highest BCUT2D eigenvalue weighted by Crippen LogP contribution is 2.50. The molecule has 1 aliphatic rings. The van der Waals surface area contributed by atoms with E-state index in [0.29, 0.717) is 0 Å². The molecular weight excluding hydrogens is 188 g/mol. The van der Waals surface area contributed by atoms with Gasteiger partial charge in [0, 0.05) is 11.6 Å². The molecule has 0 spiro atoms. The Morgan fingerprint density at radius 2 is 2.31 bits per heavy atom. The van der Waals surface area contributed by atoms with Gasteiger partial charge in [-0.2, -0.15) is 0 Å². The van der Waals surface area contributed by atoms with E-state index in [-0.39, 0.29) is 16.8 Å². The Morgan fingerprint density at radius 3 is 2.77 bits per heavy atom. The van der Waals surface area contributed by atoms with Gasteiger partial charge in [-0.15, -0.1) is 0 Å². The highest BCUT2D eigenvalue weighted by Gasteiger charge is 2.49. The Bertz CT molecular complexity index is 323. The smallest absolute Gasteiger partial charge is 0.222 e. The van der Waals surface area contributed by atoms with Crippen molar-refractivity contribution in [2.45, 2.75) is 31.3 Å². The lowest BCUT2D eigenvalue weighted by Crippen LogP contribution is -2.23. The second kappa shape index (κ2) is 2.93. The van der Waals surface area contributed by atoms with Crippen molar-refractivity contribution in [2.24, 2.45) is 0 Å². The first-order valence-electron chi connectivity index (χ1n) is 4.32. The van der Waals surface area contributed by atoms with Gasteiger partial charge in [-0.25, -0.2) is 9.97 Å². The number of hydrogen-bond acceptors (Lipinski definition) is 3. The summed E-state index contributed by atoms with van der Waals surface area (Å²) in [7, 11) is 0. The van der Waals surface area contributed by atoms with Crippen LogP contribution < -0.4 is 0 Å². The summed E-state index contributed by atoms with van der Waals surface area (Å²) in [6.07, 6.45) is 3.24. The van der Waals surface area contributed by atoms with Crippen molar-refractivity contribution in [1.82, 2.24) is 9.97 Å². The van der Waals surface area contributed by atoms with Crippen molar-refractivity contribution in [3.63, 3.8) is 0 Å². The summed E-state index contributed by atoms with van der Waals surface area (Å²) in [5.41, 5.74) is 0.717. The van der Waals surface area contributed by atoms with Crippen molar-refractivity contribution >= 4 is 11.6 Å². The van der Waals surface area contributed by atoms with E-state index in [4.69, 9.17) is 11.6 Å². The zero-order valence-corrected chi connectivity index (χ0v) is 8.12. The molecule has 0 bridgehead atoms. The zero-order valence-electron chi connectivity index (χ0n) is 7.37. The largest absolute Gasteiger partial charge is 0.392 e. The van der Waals surface area contributed by atoms with Gasteiger partial charge in [0.2, 0.25) is 5.28 Å². The predicted molar refractivity (Wildman–Crippen MR) is 49.6 cm³/mol. The van der Waals surface area contributed by atoms with E-state index in [9.17, 15) is 5.11 Å². The van der Waals surface area contributed by atoms with Crippen LogP contribution in [0.5, 0.6) is 0 Å². The van der Waals surface area contributed by atoms with Gasteiger partial charge in [0.1, 0.15) is 0 Å². The number of aliphatic hydroxyl groups is 1. The lowest BCUT2D eigenvalue weighted by molar-refractivity contribution is 0.148. The molecular formula is C9H11ClN2O. The number of halogens is 1. The molecule has 1 aromatic rings. The molecule has 0 radical (unpaired) electrons. The van der Waals surface area contributed by atoms with Crippen LogP contribution in [0.4, 0.5) is 0 Å². The minimum atomic E-state index is -0.363. The molecule has 1 N–H and O–H groups in total. The van der Waals surface area contributed by atoms with Crippen molar-refractivity contribution in [1.29, 1.82) is 0 Å². The molecule has 0 aliphatic heterocycles. The molecule has 70 valence electrons. The molecule has 0 saturated heterocycles. The monoisotopic (exact) mass is 198 g/mol. The average molecular weight is 199 g/mol. The van der Waals surface area contributed by atoms with E-state index in [1.807, 2.05) is 6.07 Å². The van der Waals surface area contributed by atoms with Gasteiger partial charge in [0.05, 0.1) is 11.8 Å². The van der Waals surface area contributed by atoms with E-state index in [1.165, 1.54) is 0 Å². The Hall–Kier alpha value is -0.670. The number of nitrogens with zero attached hydrogens (tertiary/aromatic N) is 2. The molecule has 1 aromatic heterocycles. The molecule has 1 fully saturated rings. The molecule has 1 heterocycles. The lowest BCUT2D eigenvalue weighted by atomic mass is 9.96. The Morgan fingerprint density at radius 1 is 1.62 bits per heavy atom. The van der Waals surface area contributed by atoms with Crippen molar-refractivity contribution in [3.8, 4) is 0 Å². The highest BCUT2D eigenvalue weighted by atomic mass is 35.5. The summed E-state index contributed by atoms with van der Waals surface area (Å²) < 4.78 is 0. The molecule has 13 heavy (non-hydrogen) atoms. The molecule has 1 unspecified atom stereocenters. The fraction of sp³-hybridized carbons (Fsp3) is 0.556. The third kappa shape index (κ3) is 1.42. The molecule has 1 aliphatic carbocycles.